The molecule has 0 aliphatic heterocycles. The highest BCUT2D eigenvalue weighted by atomic mass is 35.5. The number of halogens is 3. The van der Waals surface area contributed by atoms with Gasteiger partial charge in [0.2, 0.25) is 0 Å². The van der Waals surface area contributed by atoms with Crippen molar-refractivity contribution in [3.63, 3.8) is 0 Å². The van der Waals surface area contributed by atoms with Crippen LogP contribution >= 0.6 is 12.4 Å². The average Bonchev–Trinajstić information content (AvgIpc) is 2.24. The third-order valence-electron chi connectivity index (χ3n) is 2.29. The highest BCUT2D eigenvalue weighted by molar-refractivity contribution is 5.94. The van der Waals surface area contributed by atoms with E-state index in [2.05, 4.69) is 5.32 Å². The van der Waals surface area contributed by atoms with E-state index in [0.29, 0.717) is 5.56 Å². The van der Waals surface area contributed by atoms with Crippen molar-refractivity contribution < 1.29 is 13.6 Å². The van der Waals surface area contributed by atoms with Gasteiger partial charge in [0, 0.05) is 5.56 Å². The summed E-state index contributed by atoms with van der Waals surface area (Å²) in [6.07, 6.45) is 0. The molecule has 3 nitrogen and oxygen atoms in total. The number of nitrogens with two attached hydrogens (primary N) is 1. The Hall–Kier alpha value is -1.20. The number of aryl methyl sites for hydroxylation is 2. The molecule has 6 heteroatoms. The lowest BCUT2D eigenvalue weighted by Crippen LogP contribution is -2.41. The summed E-state index contributed by atoms with van der Waals surface area (Å²) < 4.78 is 25.7. The number of carbonyl (C=O) groups excluding carboxylic acids is 1. The lowest BCUT2D eigenvalue weighted by Gasteiger charge is -2.14. The number of alkyl halides is 2. The van der Waals surface area contributed by atoms with Crippen LogP contribution < -0.4 is 11.1 Å². The fraction of sp³-hybridized carbons (Fsp3) is 0.417. The molecule has 0 heterocycles. The van der Waals surface area contributed by atoms with Gasteiger partial charge in [-0.15, -0.1) is 12.4 Å². The molecule has 3 N–H and O–H groups in total. The molecule has 18 heavy (non-hydrogen) atoms. The van der Waals surface area contributed by atoms with Gasteiger partial charge in [-0.05, 0) is 26.0 Å². The van der Waals surface area contributed by atoms with Gasteiger partial charge >= 0.3 is 0 Å². The van der Waals surface area contributed by atoms with Crippen molar-refractivity contribution in [2.75, 3.05) is 13.1 Å². The van der Waals surface area contributed by atoms with E-state index in [-0.39, 0.29) is 12.4 Å². The van der Waals surface area contributed by atoms with E-state index in [1.54, 1.807) is 12.1 Å². The molecule has 0 aromatic heterocycles. The minimum atomic E-state index is -3.06. The zero-order valence-corrected chi connectivity index (χ0v) is 11.1. The number of hydrogen-bond acceptors (Lipinski definition) is 2. The Morgan fingerprint density at radius 3 is 2.22 bits per heavy atom. The smallest absolute Gasteiger partial charge is 0.277 e. The molecule has 0 unspecified atom stereocenters. The highest BCUT2D eigenvalue weighted by Crippen LogP contribution is 2.11. The molecule has 0 spiro atoms. The van der Waals surface area contributed by atoms with Crippen LogP contribution in [0.3, 0.4) is 0 Å². The van der Waals surface area contributed by atoms with Crippen molar-refractivity contribution in [2.24, 2.45) is 5.73 Å². The van der Waals surface area contributed by atoms with Gasteiger partial charge in [0.25, 0.3) is 11.8 Å². The van der Waals surface area contributed by atoms with Crippen LogP contribution in [0.2, 0.25) is 0 Å². The lowest BCUT2D eigenvalue weighted by molar-refractivity contribution is 0.0118. The predicted octanol–water partition coefficient (Wildman–Crippen LogP) is 2.05. The van der Waals surface area contributed by atoms with E-state index in [0.717, 1.165) is 11.1 Å². The molecule has 1 amide bonds. The van der Waals surface area contributed by atoms with E-state index in [4.69, 9.17) is 5.73 Å². The summed E-state index contributed by atoms with van der Waals surface area (Å²) in [5, 5.41) is 2.18. The van der Waals surface area contributed by atoms with Crippen molar-refractivity contribution in [1.29, 1.82) is 0 Å². The minimum Gasteiger partial charge on any atom is -0.346 e. The van der Waals surface area contributed by atoms with Gasteiger partial charge in [-0.1, -0.05) is 17.2 Å². The van der Waals surface area contributed by atoms with E-state index < -0.39 is 24.9 Å². The number of carbonyl (C=O) groups is 1. The summed E-state index contributed by atoms with van der Waals surface area (Å²) in [4.78, 5) is 11.6. The zero-order valence-electron chi connectivity index (χ0n) is 10.3. The summed E-state index contributed by atoms with van der Waals surface area (Å²) >= 11 is 0. The second kappa shape index (κ2) is 6.66. The second-order valence-corrected chi connectivity index (χ2v) is 4.12. The second-order valence-electron chi connectivity index (χ2n) is 4.12. The maximum atomic E-state index is 12.8. The monoisotopic (exact) mass is 278 g/mol. The Bertz CT molecular complexity index is 404. The lowest BCUT2D eigenvalue weighted by atomic mass is 10.1. The number of hydrogen-bond donors (Lipinski definition) is 2. The van der Waals surface area contributed by atoms with Gasteiger partial charge < -0.3 is 11.1 Å². The molecule has 0 aliphatic carbocycles. The largest absolute Gasteiger partial charge is 0.346 e. The predicted molar refractivity (Wildman–Crippen MR) is 69.5 cm³/mol. The molecule has 1 rings (SSSR count). The molecule has 0 saturated heterocycles. The van der Waals surface area contributed by atoms with Crippen LogP contribution in [-0.2, 0) is 0 Å². The van der Waals surface area contributed by atoms with Gasteiger partial charge in [0.15, 0.2) is 0 Å². The van der Waals surface area contributed by atoms with Gasteiger partial charge in [-0.2, -0.15) is 0 Å². The molecule has 0 saturated carbocycles. The first-order valence-electron chi connectivity index (χ1n) is 5.28. The van der Waals surface area contributed by atoms with E-state index >= 15 is 0 Å². The van der Waals surface area contributed by atoms with Crippen molar-refractivity contribution in [3.8, 4) is 0 Å². The third kappa shape index (κ3) is 4.98. The molecule has 0 fully saturated rings. The highest BCUT2D eigenvalue weighted by Gasteiger charge is 2.27. The fourth-order valence-electron chi connectivity index (χ4n) is 1.49. The maximum Gasteiger partial charge on any atom is 0.277 e. The molecule has 0 bridgehead atoms. The maximum absolute atomic E-state index is 12.8. The molecule has 0 atom stereocenters. The van der Waals surface area contributed by atoms with Crippen LogP contribution in [0.25, 0.3) is 0 Å². The third-order valence-corrected chi connectivity index (χ3v) is 2.29. The minimum absolute atomic E-state index is 0. The molecule has 1 aromatic rings. The van der Waals surface area contributed by atoms with Gasteiger partial charge in [0.1, 0.15) is 0 Å². The summed E-state index contributed by atoms with van der Waals surface area (Å²) in [7, 11) is 0. The Morgan fingerprint density at radius 1 is 1.28 bits per heavy atom. The molecule has 1 aromatic carbocycles. The first-order valence-corrected chi connectivity index (χ1v) is 5.28. The van der Waals surface area contributed by atoms with Crippen LogP contribution in [0.4, 0.5) is 8.78 Å². The molecular formula is C12H17ClF2N2O. The van der Waals surface area contributed by atoms with Crippen LogP contribution in [0.5, 0.6) is 0 Å². The van der Waals surface area contributed by atoms with E-state index in [9.17, 15) is 13.6 Å². The SMILES string of the molecule is Cc1cc(C)cc(C(=O)NCC(F)(F)CN)c1.Cl. The summed E-state index contributed by atoms with van der Waals surface area (Å²) in [5.74, 6) is -3.57. The number of benzene rings is 1. The van der Waals surface area contributed by atoms with Crippen LogP contribution in [0.1, 0.15) is 21.5 Å². The number of nitrogens with one attached hydrogen (secondary N) is 1. The quantitative estimate of drug-likeness (QED) is 0.886. The topological polar surface area (TPSA) is 55.1 Å². The normalized spacial score (nSPS) is 10.7. The Kier molecular flexibility index (Phi) is 6.21. The van der Waals surface area contributed by atoms with E-state index in [1.165, 1.54) is 0 Å². The Morgan fingerprint density at radius 2 is 1.78 bits per heavy atom. The molecule has 102 valence electrons. The van der Waals surface area contributed by atoms with Gasteiger partial charge in [0.05, 0.1) is 13.1 Å². The van der Waals surface area contributed by atoms with Gasteiger partial charge in [-0.25, -0.2) is 8.78 Å². The molecule has 0 aliphatic rings. The first-order chi connectivity index (χ1) is 7.84. The van der Waals surface area contributed by atoms with Gasteiger partial charge in [-0.3, -0.25) is 4.79 Å². The Balaban J connectivity index is 0.00000289. The van der Waals surface area contributed by atoms with Crippen molar-refractivity contribution in [1.82, 2.24) is 5.32 Å². The summed E-state index contributed by atoms with van der Waals surface area (Å²) in [6, 6.07) is 5.22. The molecule has 0 radical (unpaired) electrons. The van der Waals surface area contributed by atoms with Crippen molar-refractivity contribution in [3.05, 3.63) is 34.9 Å². The molecular weight excluding hydrogens is 262 g/mol. The van der Waals surface area contributed by atoms with Crippen LogP contribution in [0.15, 0.2) is 18.2 Å². The van der Waals surface area contributed by atoms with E-state index in [1.807, 2.05) is 19.9 Å². The summed E-state index contributed by atoms with van der Waals surface area (Å²) in [6.45, 7) is 2.17. The average molecular weight is 279 g/mol. The van der Waals surface area contributed by atoms with Crippen molar-refractivity contribution in [2.45, 2.75) is 19.8 Å². The van der Waals surface area contributed by atoms with Crippen LogP contribution in [0, 0.1) is 13.8 Å². The Labute approximate surface area is 111 Å². The van der Waals surface area contributed by atoms with Crippen molar-refractivity contribution >= 4 is 18.3 Å². The fourth-order valence-corrected chi connectivity index (χ4v) is 1.49. The zero-order chi connectivity index (χ0) is 13.1. The number of amides is 1. The number of rotatable bonds is 4. The standard InChI is InChI=1S/C12H16F2N2O.ClH/c1-8-3-9(2)5-10(4-8)11(17)16-7-12(13,14)6-15;/h3-5H,6-7,15H2,1-2H3,(H,16,17);1H. The first kappa shape index (κ1) is 16.8. The van der Waals surface area contributed by atoms with Crippen LogP contribution in [-0.4, -0.2) is 24.9 Å². The summed E-state index contributed by atoms with van der Waals surface area (Å²) in [5.41, 5.74) is 7.10.